The van der Waals surface area contributed by atoms with Crippen LogP contribution in [-0.4, -0.2) is 24.7 Å². The first-order valence-electron chi connectivity index (χ1n) is 6.20. The van der Waals surface area contributed by atoms with Gasteiger partial charge in [0.2, 0.25) is 10.0 Å². The molecule has 0 spiro atoms. The Bertz CT molecular complexity index is 519. The van der Waals surface area contributed by atoms with E-state index in [0.717, 1.165) is 6.42 Å². The largest absolute Gasteiger partial charge is 0.325 e. The lowest BCUT2D eigenvalue weighted by molar-refractivity contribution is 0.529. The lowest BCUT2D eigenvalue weighted by Crippen LogP contribution is -2.33. The SMILES string of the molecule is Cc1[nH]nc(CN)c1S(=O)(=O)NC(C)CC1CC1. The fourth-order valence-electron chi connectivity index (χ4n) is 2.19. The average Bonchev–Trinajstić information content (AvgIpc) is 2.97. The minimum absolute atomic E-state index is 0.0533. The van der Waals surface area contributed by atoms with Gasteiger partial charge >= 0.3 is 0 Å². The Kier molecular flexibility index (Phi) is 3.74. The molecular formula is C11H20N4O2S. The van der Waals surface area contributed by atoms with Gasteiger partial charge < -0.3 is 5.73 Å². The maximum atomic E-state index is 12.3. The number of aromatic nitrogens is 2. The fraction of sp³-hybridized carbons (Fsp3) is 0.727. The Labute approximate surface area is 107 Å². The van der Waals surface area contributed by atoms with Crippen molar-refractivity contribution in [2.24, 2.45) is 11.7 Å². The number of sulfonamides is 1. The van der Waals surface area contributed by atoms with Gasteiger partial charge in [-0.3, -0.25) is 5.10 Å². The van der Waals surface area contributed by atoms with Gasteiger partial charge in [0.15, 0.2) is 0 Å². The fourth-order valence-corrected chi connectivity index (χ4v) is 3.82. The van der Waals surface area contributed by atoms with E-state index in [1.807, 2.05) is 6.92 Å². The van der Waals surface area contributed by atoms with Crippen molar-refractivity contribution < 1.29 is 8.42 Å². The predicted octanol–water partition coefficient (Wildman–Crippen LogP) is 0.644. The maximum Gasteiger partial charge on any atom is 0.244 e. The highest BCUT2D eigenvalue weighted by atomic mass is 32.2. The minimum Gasteiger partial charge on any atom is -0.325 e. The van der Waals surface area contributed by atoms with Crippen LogP contribution in [0.2, 0.25) is 0 Å². The van der Waals surface area contributed by atoms with Gasteiger partial charge in [-0.05, 0) is 26.2 Å². The van der Waals surface area contributed by atoms with Crippen LogP contribution in [0.3, 0.4) is 0 Å². The zero-order valence-corrected chi connectivity index (χ0v) is 11.5. The van der Waals surface area contributed by atoms with Crippen LogP contribution in [0.5, 0.6) is 0 Å². The summed E-state index contributed by atoms with van der Waals surface area (Å²) in [5.41, 5.74) is 6.42. The molecule has 1 fully saturated rings. The maximum absolute atomic E-state index is 12.3. The minimum atomic E-state index is -3.53. The summed E-state index contributed by atoms with van der Waals surface area (Å²) in [5.74, 6) is 0.683. The number of hydrogen-bond donors (Lipinski definition) is 3. The number of nitrogens with one attached hydrogen (secondary N) is 2. The van der Waals surface area contributed by atoms with Crippen LogP contribution in [0.15, 0.2) is 4.90 Å². The number of hydrogen-bond acceptors (Lipinski definition) is 4. The summed E-state index contributed by atoms with van der Waals surface area (Å²) in [5, 5.41) is 6.58. The van der Waals surface area contributed by atoms with Gasteiger partial charge in [0.1, 0.15) is 4.90 Å². The molecule has 0 radical (unpaired) electrons. The molecule has 1 atom stereocenters. The predicted molar refractivity (Wildman–Crippen MR) is 68.3 cm³/mol. The van der Waals surface area contributed by atoms with Gasteiger partial charge in [0.25, 0.3) is 0 Å². The number of H-pyrrole nitrogens is 1. The van der Waals surface area contributed by atoms with Crippen molar-refractivity contribution in [1.82, 2.24) is 14.9 Å². The highest BCUT2D eigenvalue weighted by molar-refractivity contribution is 7.89. The van der Waals surface area contributed by atoms with E-state index in [-0.39, 0.29) is 17.5 Å². The van der Waals surface area contributed by atoms with Crippen LogP contribution >= 0.6 is 0 Å². The number of nitrogens with two attached hydrogens (primary N) is 1. The van der Waals surface area contributed by atoms with E-state index in [2.05, 4.69) is 14.9 Å². The van der Waals surface area contributed by atoms with E-state index >= 15 is 0 Å². The summed E-state index contributed by atoms with van der Waals surface area (Å²) in [4.78, 5) is 0.202. The Balaban J connectivity index is 2.15. The van der Waals surface area contributed by atoms with Gasteiger partial charge in [0, 0.05) is 12.6 Å². The molecule has 6 nitrogen and oxygen atoms in total. The second-order valence-corrected chi connectivity index (χ2v) is 6.68. The molecule has 0 amide bonds. The first kappa shape index (κ1) is 13.5. The quantitative estimate of drug-likeness (QED) is 0.707. The zero-order valence-electron chi connectivity index (χ0n) is 10.7. The molecule has 0 bridgehead atoms. The molecule has 7 heteroatoms. The van der Waals surface area contributed by atoms with Crippen molar-refractivity contribution in [3.8, 4) is 0 Å². The molecule has 1 aromatic rings. The third kappa shape index (κ3) is 2.90. The van der Waals surface area contributed by atoms with E-state index in [1.165, 1.54) is 12.8 Å². The van der Waals surface area contributed by atoms with Crippen LogP contribution < -0.4 is 10.5 Å². The van der Waals surface area contributed by atoms with Crippen LogP contribution in [0.1, 0.15) is 37.6 Å². The van der Waals surface area contributed by atoms with Gasteiger partial charge in [0.05, 0.1) is 11.4 Å². The molecule has 18 heavy (non-hydrogen) atoms. The number of rotatable bonds is 6. The van der Waals surface area contributed by atoms with Gasteiger partial charge in [-0.2, -0.15) is 5.10 Å². The molecule has 0 aromatic carbocycles. The van der Waals surface area contributed by atoms with E-state index in [0.29, 0.717) is 17.3 Å². The molecule has 4 N–H and O–H groups in total. The smallest absolute Gasteiger partial charge is 0.244 e. The van der Waals surface area contributed by atoms with Crippen LogP contribution in [0, 0.1) is 12.8 Å². The highest BCUT2D eigenvalue weighted by Crippen LogP contribution is 2.33. The van der Waals surface area contributed by atoms with E-state index in [1.54, 1.807) is 6.92 Å². The monoisotopic (exact) mass is 272 g/mol. The van der Waals surface area contributed by atoms with E-state index in [9.17, 15) is 8.42 Å². The standard InChI is InChI=1S/C11H20N4O2S/c1-7(5-9-3-4-9)15-18(16,17)11-8(2)13-14-10(11)6-12/h7,9,15H,3-6,12H2,1-2H3,(H,13,14). The van der Waals surface area contributed by atoms with Crippen molar-refractivity contribution in [3.63, 3.8) is 0 Å². The molecule has 0 aliphatic heterocycles. The van der Waals surface area contributed by atoms with E-state index in [4.69, 9.17) is 5.73 Å². The molecule has 1 saturated carbocycles. The summed E-state index contributed by atoms with van der Waals surface area (Å²) >= 11 is 0. The van der Waals surface area contributed by atoms with Crippen molar-refractivity contribution in [2.45, 2.75) is 50.6 Å². The number of nitrogens with zero attached hydrogens (tertiary/aromatic N) is 1. The lowest BCUT2D eigenvalue weighted by atomic mass is 10.2. The summed E-state index contributed by atoms with van der Waals surface area (Å²) in [7, 11) is -3.53. The van der Waals surface area contributed by atoms with Crippen molar-refractivity contribution >= 4 is 10.0 Å². The molecule has 1 unspecified atom stereocenters. The highest BCUT2D eigenvalue weighted by Gasteiger charge is 2.28. The Morgan fingerprint density at radius 2 is 2.22 bits per heavy atom. The summed E-state index contributed by atoms with van der Waals surface area (Å²) < 4.78 is 27.3. The summed E-state index contributed by atoms with van der Waals surface area (Å²) in [6.45, 7) is 3.69. The van der Waals surface area contributed by atoms with Crippen molar-refractivity contribution in [2.75, 3.05) is 0 Å². The zero-order chi connectivity index (χ0) is 13.3. The summed E-state index contributed by atoms with van der Waals surface area (Å²) in [6.07, 6.45) is 3.32. The van der Waals surface area contributed by atoms with Gasteiger partial charge in [-0.15, -0.1) is 0 Å². The Hall–Kier alpha value is -0.920. The molecule has 102 valence electrons. The normalized spacial score (nSPS) is 17.9. The molecule has 1 aromatic heterocycles. The average molecular weight is 272 g/mol. The van der Waals surface area contributed by atoms with Crippen molar-refractivity contribution in [1.29, 1.82) is 0 Å². The van der Waals surface area contributed by atoms with Crippen LogP contribution in [-0.2, 0) is 16.6 Å². The number of aromatic amines is 1. The topological polar surface area (TPSA) is 101 Å². The summed E-state index contributed by atoms with van der Waals surface area (Å²) in [6, 6.07) is -0.0533. The second-order valence-electron chi connectivity index (χ2n) is 5.03. The van der Waals surface area contributed by atoms with Gasteiger partial charge in [-0.1, -0.05) is 12.8 Å². The van der Waals surface area contributed by atoms with Crippen LogP contribution in [0.4, 0.5) is 0 Å². The first-order valence-corrected chi connectivity index (χ1v) is 7.68. The second kappa shape index (κ2) is 4.99. The molecule has 1 aliphatic rings. The third-order valence-electron chi connectivity index (χ3n) is 3.16. The Morgan fingerprint density at radius 1 is 1.56 bits per heavy atom. The lowest BCUT2D eigenvalue weighted by Gasteiger charge is -2.14. The Morgan fingerprint density at radius 3 is 2.78 bits per heavy atom. The first-order chi connectivity index (χ1) is 8.44. The van der Waals surface area contributed by atoms with Crippen molar-refractivity contribution in [3.05, 3.63) is 11.4 Å². The molecule has 2 rings (SSSR count). The molecule has 1 heterocycles. The van der Waals surface area contributed by atoms with E-state index < -0.39 is 10.0 Å². The molecule has 1 aliphatic carbocycles. The molecular weight excluding hydrogens is 252 g/mol. The third-order valence-corrected chi connectivity index (χ3v) is 4.96. The van der Waals surface area contributed by atoms with Crippen LogP contribution in [0.25, 0.3) is 0 Å². The number of aryl methyl sites for hydroxylation is 1. The molecule has 0 saturated heterocycles. The van der Waals surface area contributed by atoms with Gasteiger partial charge in [-0.25, -0.2) is 13.1 Å².